The smallest absolute Gasteiger partial charge is 0.318 e. The third-order valence-electron chi connectivity index (χ3n) is 5.83. The zero-order valence-electron chi connectivity index (χ0n) is 19.4. The van der Waals surface area contributed by atoms with Gasteiger partial charge in [-0.05, 0) is 62.5 Å². The third-order valence-corrected chi connectivity index (χ3v) is 5.83. The molecule has 1 unspecified atom stereocenters. The molecule has 2 amide bonds. The van der Waals surface area contributed by atoms with Crippen molar-refractivity contribution in [2.75, 3.05) is 26.7 Å². The summed E-state index contributed by atoms with van der Waals surface area (Å²) in [5.41, 5.74) is 3.46. The topological polar surface area (TPSA) is 44.8 Å². The van der Waals surface area contributed by atoms with E-state index in [2.05, 4.69) is 62.3 Å². The molecule has 0 saturated carbocycles. The van der Waals surface area contributed by atoms with Crippen molar-refractivity contribution in [3.63, 3.8) is 0 Å². The van der Waals surface area contributed by atoms with Gasteiger partial charge in [0.05, 0.1) is 6.61 Å². The Labute approximate surface area is 187 Å². The number of nitrogens with zero attached hydrogens (tertiary/aromatic N) is 2. The number of urea groups is 1. The number of carbonyl (C=O) groups is 1. The monoisotopic (exact) mass is 423 g/mol. The Morgan fingerprint density at radius 1 is 1.13 bits per heavy atom. The highest BCUT2D eigenvalue weighted by Crippen LogP contribution is 2.18. The summed E-state index contributed by atoms with van der Waals surface area (Å²) in [6, 6.07) is 16.8. The van der Waals surface area contributed by atoms with Crippen molar-refractivity contribution in [3.05, 3.63) is 65.2 Å². The van der Waals surface area contributed by atoms with Crippen LogP contribution in [0, 0.1) is 12.8 Å². The van der Waals surface area contributed by atoms with E-state index in [4.69, 9.17) is 4.74 Å². The first-order valence-electron chi connectivity index (χ1n) is 11.4. The van der Waals surface area contributed by atoms with Crippen LogP contribution < -0.4 is 10.1 Å². The van der Waals surface area contributed by atoms with Gasteiger partial charge in [-0.2, -0.15) is 0 Å². The molecule has 0 spiro atoms. The number of likely N-dealkylation sites (tertiary alicyclic amines) is 1. The third kappa shape index (κ3) is 7.28. The van der Waals surface area contributed by atoms with Crippen molar-refractivity contribution >= 4 is 6.03 Å². The Balaban J connectivity index is 1.59. The largest absolute Gasteiger partial charge is 0.493 e. The Morgan fingerprint density at radius 3 is 2.42 bits per heavy atom. The normalized spacial score (nSPS) is 16.5. The molecular weight excluding hydrogens is 386 g/mol. The van der Waals surface area contributed by atoms with Crippen molar-refractivity contribution in [1.29, 1.82) is 0 Å². The highest BCUT2D eigenvalue weighted by Gasteiger charge is 2.25. The zero-order chi connectivity index (χ0) is 22.2. The first kappa shape index (κ1) is 23.1. The molecule has 168 valence electrons. The van der Waals surface area contributed by atoms with Crippen molar-refractivity contribution in [2.24, 2.45) is 5.92 Å². The van der Waals surface area contributed by atoms with Crippen LogP contribution in [0.5, 0.6) is 5.75 Å². The molecule has 2 aromatic carbocycles. The van der Waals surface area contributed by atoms with Crippen molar-refractivity contribution in [1.82, 2.24) is 15.1 Å². The van der Waals surface area contributed by atoms with Crippen LogP contribution in [0.2, 0.25) is 0 Å². The van der Waals surface area contributed by atoms with Gasteiger partial charge < -0.3 is 19.9 Å². The Bertz CT molecular complexity index is 818. The van der Waals surface area contributed by atoms with Crippen LogP contribution in [0.1, 0.15) is 43.4 Å². The number of aryl methyl sites for hydroxylation is 1. The van der Waals surface area contributed by atoms with Gasteiger partial charge in [-0.3, -0.25) is 0 Å². The second kappa shape index (κ2) is 11.2. The minimum atomic E-state index is -0.0130. The predicted octanol–water partition coefficient (Wildman–Crippen LogP) is 4.84. The predicted molar refractivity (Wildman–Crippen MR) is 126 cm³/mol. The molecule has 3 rings (SSSR count). The minimum Gasteiger partial charge on any atom is -0.493 e. The van der Waals surface area contributed by atoms with Crippen LogP contribution in [0.25, 0.3) is 0 Å². The molecule has 1 saturated heterocycles. The maximum Gasteiger partial charge on any atom is 0.318 e. The van der Waals surface area contributed by atoms with E-state index in [1.54, 1.807) is 0 Å². The molecular formula is C26H37N3O2. The molecule has 1 heterocycles. The van der Waals surface area contributed by atoms with Gasteiger partial charge in [0.25, 0.3) is 0 Å². The number of hydrogen-bond acceptors (Lipinski definition) is 3. The van der Waals surface area contributed by atoms with E-state index < -0.39 is 0 Å². The van der Waals surface area contributed by atoms with Crippen LogP contribution in [-0.2, 0) is 13.1 Å². The second-order valence-corrected chi connectivity index (χ2v) is 9.15. The Kier molecular flexibility index (Phi) is 8.35. The summed E-state index contributed by atoms with van der Waals surface area (Å²) in [4.78, 5) is 17.4. The maximum atomic E-state index is 13.1. The number of hydrogen-bond donors (Lipinski definition) is 1. The molecule has 31 heavy (non-hydrogen) atoms. The molecule has 5 heteroatoms. The van der Waals surface area contributed by atoms with Crippen LogP contribution >= 0.6 is 0 Å². The van der Waals surface area contributed by atoms with Gasteiger partial charge in [0, 0.05) is 25.7 Å². The number of benzene rings is 2. The van der Waals surface area contributed by atoms with Gasteiger partial charge >= 0.3 is 6.03 Å². The summed E-state index contributed by atoms with van der Waals surface area (Å²) in [5, 5.41) is 3.12. The van der Waals surface area contributed by atoms with E-state index in [1.165, 1.54) is 12.0 Å². The van der Waals surface area contributed by atoms with Crippen LogP contribution in [0.3, 0.4) is 0 Å². The number of nitrogens with one attached hydrogen (secondary N) is 1. The van der Waals surface area contributed by atoms with Crippen LogP contribution in [-0.4, -0.2) is 48.6 Å². The van der Waals surface area contributed by atoms with E-state index in [-0.39, 0.29) is 6.03 Å². The van der Waals surface area contributed by atoms with Gasteiger partial charge in [0.15, 0.2) is 0 Å². The van der Waals surface area contributed by atoms with Gasteiger partial charge in [0.1, 0.15) is 5.75 Å². The molecule has 1 fully saturated rings. The molecule has 0 radical (unpaired) electrons. The number of likely N-dealkylation sites (N-methyl/N-ethyl adjacent to an activating group) is 1. The quantitative estimate of drug-likeness (QED) is 0.628. The Hall–Kier alpha value is -2.53. The maximum absolute atomic E-state index is 13.1. The Morgan fingerprint density at radius 2 is 1.81 bits per heavy atom. The van der Waals surface area contributed by atoms with Gasteiger partial charge in [-0.25, -0.2) is 4.79 Å². The summed E-state index contributed by atoms with van der Waals surface area (Å²) in [5.74, 6) is 1.37. The summed E-state index contributed by atoms with van der Waals surface area (Å²) in [6.45, 7) is 10.0. The van der Waals surface area contributed by atoms with Crippen molar-refractivity contribution in [3.8, 4) is 5.75 Å². The molecule has 0 aromatic heterocycles. The van der Waals surface area contributed by atoms with Crippen molar-refractivity contribution in [2.45, 2.75) is 52.7 Å². The van der Waals surface area contributed by atoms with Gasteiger partial charge in [-0.1, -0.05) is 55.8 Å². The number of rotatable bonds is 9. The average molecular weight is 424 g/mol. The van der Waals surface area contributed by atoms with Crippen molar-refractivity contribution < 1.29 is 9.53 Å². The standard InChI is InChI=1S/C26H37N3O2/c1-20(2)19-31-25-13-11-22(12-14-25)16-27-26(30)29(18-24-6-5-15-28(24)4)17-23-9-7-21(3)8-10-23/h7-14,20,24H,5-6,15-19H2,1-4H3,(H,27,30). The lowest BCUT2D eigenvalue weighted by Crippen LogP contribution is -2.45. The highest BCUT2D eigenvalue weighted by molar-refractivity contribution is 5.74. The molecule has 1 N–H and O–H groups in total. The van der Waals surface area contributed by atoms with Gasteiger partial charge in [-0.15, -0.1) is 0 Å². The zero-order valence-corrected chi connectivity index (χ0v) is 19.4. The van der Waals surface area contributed by atoms with E-state index in [1.807, 2.05) is 29.2 Å². The SMILES string of the molecule is Cc1ccc(CN(CC2CCCN2C)C(=O)NCc2ccc(OCC(C)C)cc2)cc1. The summed E-state index contributed by atoms with van der Waals surface area (Å²) in [7, 11) is 2.16. The molecule has 1 aliphatic rings. The molecule has 2 aromatic rings. The number of carbonyl (C=O) groups excluding carboxylic acids is 1. The number of amides is 2. The van der Waals surface area contributed by atoms with E-state index in [0.717, 1.165) is 36.4 Å². The summed E-state index contributed by atoms with van der Waals surface area (Å²) >= 11 is 0. The second-order valence-electron chi connectivity index (χ2n) is 9.15. The van der Waals surface area contributed by atoms with Crippen LogP contribution in [0.4, 0.5) is 4.79 Å². The first-order valence-corrected chi connectivity index (χ1v) is 11.4. The molecule has 5 nitrogen and oxygen atoms in total. The first-order chi connectivity index (χ1) is 14.9. The molecule has 0 aliphatic carbocycles. The minimum absolute atomic E-state index is 0.0130. The average Bonchev–Trinajstić information content (AvgIpc) is 3.16. The molecule has 1 atom stereocenters. The fourth-order valence-electron chi connectivity index (χ4n) is 3.85. The molecule has 1 aliphatic heterocycles. The summed E-state index contributed by atoms with van der Waals surface area (Å²) in [6.07, 6.45) is 2.35. The van der Waals surface area contributed by atoms with E-state index in [9.17, 15) is 4.79 Å². The van der Waals surface area contributed by atoms with Crippen LogP contribution in [0.15, 0.2) is 48.5 Å². The fourth-order valence-corrected chi connectivity index (χ4v) is 3.85. The summed E-state index contributed by atoms with van der Waals surface area (Å²) < 4.78 is 5.75. The van der Waals surface area contributed by atoms with Gasteiger partial charge in [0.2, 0.25) is 0 Å². The molecule has 0 bridgehead atoms. The fraction of sp³-hybridized carbons (Fsp3) is 0.500. The van der Waals surface area contributed by atoms with E-state index >= 15 is 0 Å². The lowest BCUT2D eigenvalue weighted by Gasteiger charge is -2.29. The highest BCUT2D eigenvalue weighted by atomic mass is 16.5. The lowest BCUT2D eigenvalue weighted by atomic mass is 10.1. The lowest BCUT2D eigenvalue weighted by molar-refractivity contribution is 0.172. The number of ether oxygens (including phenoxy) is 1. The van der Waals surface area contributed by atoms with E-state index in [0.29, 0.717) is 31.7 Å².